The lowest BCUT2D eigenvalue weighted by Crippen LogP contribution is -1.93. The van der Waals surface area contributed by atoms with Gasteiger partial charge < -0.3 is 5.32 Å². The minimum Gasteiger partial charge on any atom is -0.311 e. The topological polar surface area (TPSA) is 57.8 Å². The van der Waals surface area contributed by atoms with Crippen molar-refractivity contribution in [2.75, 3.05) is 5.32 Å². The fourth-order valence-electron chi connectivity index (χ4n) is 2.07. The first-order valence-corrected chi connectivity index (χ1v) is 6.58. The van der Waals surface area contributed by atoms with Crippen LogP contribution in [0.3, 0.4) is 0 Å². The largest absolute Gasteiger partial charge is 0.311 e. The van der Waals surface area contributed by atoms with Crippen molar-refractivity contribution >= 4 is 46.3 Å². The molecule has 0 aliphatic heterocycles. The van der Waals surface area contributed by atoms with E-state index >= 15 is 0 Å². The molecule has 0 aliphatic rings. The Morgan fingerprint density at radius 2 is 2.00 bits per heavy atom. The molecule has 3 aromatic rings. The summed E-state index contributed by atoms with van der Waals surface area (Å²) in [6, 6.07) is 11.1. The van der Waals surface area contributed by atoms with E-state index in [1.165, 1.54) is 0 Å². The Morgan fingerprint density at radius 1 is 1.15 bits per heavy atom. The molecule has 3 rings (SSSR count). The lowest BCUT2D eigenvalue weighted by atomic mass is 10.0. The Kier molecular flexibility index (Phi) is 3.34. The van der Waals surface area contributed by atoms with Crippen LogP contribution in [0.1, 0.15) is 0 Å². The first kappa shape index (κ1) is 13.0. The van der Waals surface area contributed by atoms with Crippen molar-refractivity contribution < 1.29 is 4.79 Å². The summed E-state index contributed by atoms with van der Waals surface area (Å²) in [6.07, 6.45) is 0.595. The third-order valence-corrected chi connectivity index (χ3v) is 3.55. The molecule has 6 heteroatoms. The average Bonchev–Trinajstić information content (AvgIpc) is 2.82. The van der Waals surface area contributed by atoms with Crippen LogP contribution in [0.25, 0.3) is 22.0 Å². The number of hydrogen-bond acceptors (Lipinski definition) is 2. The van der Waals surface area contributed by atoms with Gasteiger partial charge in [0.05, 0.1) is 5.52 Å². The van der Waals surface area contributed by atoms with E-state index in [0.29, 0.717) is 22.3 Å². The van der Waals surface area contributed by atoms with E-state index in [-0.39, 0.29) is 0 Å². The number of hydrogen-bond donors (Lipinski definition) is 2. The van der Waals surface area contributed by atoms with Gasteiger partial charge in [-0.3, -0.25) is 9.89 Å². The summed E-state index contributed by atoms with van der Waals surface area (Å²) in [5.41, 5.74) is 2.63. The number of aromatic nitrogens is 2. The molecule has 0 radical (unpaired) electrons. The van der Waals surface area contributed by atoms with Gasteiger partial charge in [-0.05, 0) is 29.8 Å². The van der Waals surface area contributed by atoms with Crippen molar-refractivity contribution in [2.45, 2.75) is 0 Å². The van der Waals surface area contributed by atoms with E-state index < -0.39 is 0 Å². The molecule has 0 unspecified atom stereocenters. The van der Waals surface area contributed by atoms with E-state index in [2.05, 4.69) is 15.5 Å². The predicted molar refractivity (Wildman–Crippen MR) is 81.2 cm³/mol. The highest BCUT2D eigenvalue weighted by atomic mass is 35.5. The Balaban J connectivity index is 2.16. The van der Waals surface area contributed by atoms with Crippen LogP contribution in [0.2, 0.25) is 10.0 Å². The monoisotopic (exact) mass is 305 g/mol. The number of anilines is 1. The standard InChI is InChI=1S/C14H9Cl2N3O/c15-9-2-3-10(12(16)6-9)8-1-4-13-11(5-8)14(17-7-20)19-18-13/h1-7H,(H2,17,18,19,20). The average molecular weight is 306 g/mol. The first-order chi connectivity index (χ1) is 9.69. The maximum absolute atomic E-state index is 10.6. The number of nitrogens with zero attached hydrogens (tertiary/aromatic N) is 1. The molecule has 0 spiro atoms. The Morgan fingerprint density at radius 3 is 2.75 bits per heavy atom. The van der Waals surface area contributed by atoms with Crippen molar-refractivity contribution in [3.63, 3.8) is 0 Å². The molecule has 0 bridgehead atoms. The maximum Gasteiger partial charge on any atom is 0.212 e. The quantitative estimate of drug-likeness (QED) is 0.716. The second-order valence-corrected chi connectivity index (χ2v) is 5.06. The fourth-order valence-corrected chi connectivity index (χ4v) is 2.59. The van der Waals surface area contributed by atoms with Crippen LogP contribution in [0, 0.1) is 0 Å². The number of nitrogens with one attached hydrogen (secondary N) is 2. The van der Waals surface area contributed by atoms with Gasteiger partial charge in [0.1, 0.15) is 0 Å². The number of fused-ring (bicyclic) bond motifs is 1. The molecular formula is C14H9Cl2N3O. The highest BCUT2D eigenvalue weighted by molar-refractivity contribution is 6.36. The van der Waals surface area contributed by atoms with Crippen molar-refractivity contribution in [2.24, 2.45) is 0 Å². The van der Waals surface area contributed by atoms with Crippen molar-refractivity contribution in [3.8, 4) is 11.1 Å². The summed E-state index contributed by atoms with van der Waals surface area (Å²) in [5.74, 6) is 0.488. The Labute approximate surface area is 124 Å². The molecule has 0 fully saturated rings. The summed E-state index contributed by atoms with van der Waals surface area (Å²) in [7, 11) is 0. The highest BCUT2D eigenvalue weighted by Gasteiger charge is 2.09. The molecule has 2 aromatic carbocycles. The lowest BCUT2D eigenvalue weighted by molar-refractivity contribution is -0.105. The van der Waals surface area contributed by atoms with Gasteiger partial charge in [-0.2, -0.15) is 5.10 Å². The second-order valence-electron chi connectivity index (χ2n) is 4.22. The zero-order valence-electron chi connectivity index (χ0n) is 10.2. The van der Waals surface area contributed by atoms with Gasteiger partial charge in [0.2, 0.25) is 6.41 Å². The van der Waals surface area contributed by atoms with Crippen LogP contribution in [0.15, 0.2) is 36.4 Å². The van der Waals surface area contributed by atoms with Crippen molar-refractivity contribution in [1.82, 2.24) is 10.2 Å². The fraction of sp³-hybridized carbons (Fsp3) is 0. The molecule has 0 saturated heterocycles. The zero-order chi connectivity index (χ0) is 14.1. The van der Waals surface area contributed by atoms with Crippen LogP contribution in [-0.4, -0.2) is 16.6 Å². The smallest absolute Gasteiger partial charge is 0.212 e. The number of carbonyl (C=O) groups excluding carboxylic acids is 1. The van der Waals surface area contributed by atoms with E-state index in [9.17, 15) is 4.79 Å². The molecular weight excluding hydrogens is 297 g/mol. The van der Waals surface area contributed by atoms with Gasteiger partial charge in [-0.25, -0.2) is 0 Å². The molecule has 1 aromatic heterocycles. The molecule has 100 valence electrons. The minimum atomic E-state index is 0.488. The maximum atomic E-state index is 10.6. The van der Waals surface area contributed by atoms with Crippen LogP contribution in [0.5, 0.6) is 0 Å². The molecule has 1 heterocycles. The molecule has 2 N–H and O–H groups in total. The number of amides is 1. The van der Waals surface area contributed by atoms with Gasteiger partial charge in [0, 0.05) is 21.0 Å². The number of H-pyrrole nitrogens is 1. The minimum absolute atomic E-state index is 0.488. The highest BCUT2D eigenvalue weighted by Crippen LogP contribution is 2.33. The summed E-state index contributed by atoms with van der Waals surface area (Å²) in [4.78, 5) is 10.6. The number of benzene rings is 2. The number of aromatic amines is 1. The second kappa shape index (κ2) is 5.15. The first-order valence-electron chi connectivity index (χ1n) is 5.83. The van der Waals surface area contributed by atoms with Crippen LogP contribution in [0.4, 0.5) is 5.82 Å². The zero-order valence-corrected chi connectivity index (χ0v) is 11.7. The van der Waals surface area contributed by atoms with Gasteiger partial charge in [-0.15, -0.1) is 0 Å². The SMILES string of the molecule is O=CNc1n[nH]c2ccc(-c3ccc(Cl)cc3Cl)cc12. The summed E-state index contributed by atoms with van der Waals surface area (Å²) in [5, 5.41) is 11.4. The molecule has 4 nitrogen and oxygen atoms in total. The molecule has 20 heavy (non-hydrogen) atoms. The molecule has 0 atom stereocenters. The van der Waals surface area contributed by atoms with E-state index in [0.717, 1.165) is 22.0 Å². The van der Waals surface area contributed by atoms with Crippen LogP contribution in [-0.2, 0) is 4.79 Å². The summed E-state index contributed by atoms with van der Waals surface area (Å²) >= 11 is 12.1. The Hall–Kier alpha value is -2.04. The summed E-state index contributed by atoms with van der Waals surface area (Å²) in [6.45, 7) is 0. The molecule has 0 saturated carbocycles. The number of halogens is 2. The van der Waals surface area contributed by atoms with E-state index in [1.807, 2.05) is 24.3 Å². The molecule has 0 aliphatic carbocycles. The van der Waals surface area contributed by atoms with Crippen molar-refractivity contribution in [3.05, 3.63) is 46.4 Å². The Bertz CT molecular complexity index is 798. The van der Waals surface area contributed by atoms with Gasteiger partial charge in [0.15, 0.2) is 5.82 Å². The van der Waals surface area contributed by atoms with Crippen LogP contribution >= 0.6 is 23.2 Å². The third-order valence-electron chi connectivity index (χ3n) is 3.00. The summed E-state index contributed by atoms with van der Waals surface area (Å²) < 4.78 is 0. The van der Waals surface area contributed by atoms with Crippen LogP contribution < -0.4 is 5.32 Å². The number of carbonyl (C=O) groups is 1. The van der Waals surface area contributed by atoms with E-state index in [1.54, 1.807) is 12.1 Å². The predicted octanol–water partition coefficient (Wildman–Crippen LogP) is 4.11. The van der Waals surface area contributed by atoms with E-state index in [4.69, 9.17) is 23.2 Å². The third kappa shape index (κ3) is 2.24. The number of rotatable bonds is 3. The van der Waals surface area contributed by atoms with Gasteiger partial charge in [-0.1, -0.05) is 35.3 Å². The molecule has 1 amide bonds. The normalized spacial score (nSPS) is 10.7. The van der Waals surface area contributed by atoms with Gasteiger partial charge >= 0.3 is 0 Å². The van der Waals surface area contributed by atoms with Crippen molar-refractivity contribution in [1.29, 1.82) is 0 Å². The lowest BCUT2D eigenvalue weighted by Gasteiger charge is -2.05. The van der Waals surface area contributed by atoms with Gasteiger partial charge in [0.25, 0.3) is 0 Å².